The molecular formula is C10H12F2N2O. The molecule has 1 atom stereocenters. The lowest BCUT2D eigenvalue weighted by Crippen LogP contribution is -2.43. The van der Waals surface area contributed by atoms with Gasteiger partial charge in [0, 0.05) is 19.6 Å². The Bertz CT molecular complexity index is 365. The van der Waals surface area contributed by atoms with Crippen molar-refractivity contribution >= 4 is 0 Å². The summed E-state index contributed by atoms with van der Waals surface area (Å²) in [6.45, 7) is 1.93. The van der Waals surface area contributed by atoms with Gasteiger partial charge in [-0.2, -0.15) is 0 Å². The summed E-state index contributed by atoms with van der Waals surface area (Å²) in [5.41, 5.74) is 0.00204. The Morgan fingerprint density at radius 2 is 1.93 bits per heavy atom. The average molecular weight is 214 g/mol. The molecular weight excluding hydrogens is 202 g/mol. The minimum atomic E-state index is -0.793. The van der Waals surface area contributed by atoms with Crippen molar-refractivity contribution in [3.63, 3.8) is 0 Å². The van der Waals surface area contributed by atoms with Crippen LogP contribution >= 0.6 is 0 Å². The van der Waals surface area contributed by atoms with Gasteiger partial charge in [-0.15, -0.1) is 0 Å². The summed E-state index contributed by atoms with van der Waals surface area (Å²) in [4.78, 5) is 0. The van der Waals surface area contributed by atoms with Gasteiger partial charge >= 0.3 is 0 Å². The lowest BCUT2D eigenvalue weighted by Gasteiger charge is -2.25. The van der Waals surface area contributed by atoms with Crippen LogP contribution in [0.2, 0.25) is 0 Å². The molecule has 3 nitrogen and oxygen atoms in total. The number of benzene rings is 1. The van der Waals surface area contributed by atoms with E-state index in [0.29, 0.717) is 13.1 Å². The second-order valence-electron chi connectivity index (χ2n) is 3.50. The first kappa shape index (κ1) is 10.3. The number of piperazine rings is 1. The van der Waals surface area contributed by atoms with Gasteiger partial charge in [-0.05, 0) is 12.1 Å². The Morgan fingerprint density at radius 3 is 2.60 bits per heavy atom. The lowest BCUT2D eigenvalue weighted by molar-refractivity contribution is 0.373. The highest BCUT2D eigenvalue weighted by atomic mass is 19.1. The maximum Gasteiger partial charge on any atom is 0.165 e. The first-order chi connectivity index (χ1) is 7.20. The lowest BCUT2D eigenvalue weighted by atomic mass is 10.0. The molecule has 1 saturated heterocycles. The topological polar surface area (TPSA) is 44.3 Å². The molecule has 0 aliphatic carbocycles. The minimum absolute atomic E-state index is 0.00204. The second kappa shape index (κ2) is 4.12. The summed E-state index contributed by atoms with van der Waals surface area (Å²) in [6, 6.07) is 1.57. The van der Waals surface area contributed by atoms with Gasteiger partial charge in [-0.1, -0.05) is 0 Å². The molecule has 0 aromatic heterocycles. The van der Waals surface area contributed by atoms with Crippen molar-refractivity contribution in [1.29, 1.82) is 0 Å². The fraction of sp³-hybridized carbons (Fsp3) is 0.400. The quantitative estimate of drug-likeness (QED) is 0.651. The van der Waals surface area contributed by atoms with Gasteiger partial charge in [0.05, 0.1) is 11.6 Å². The van der Waals surface area contributed by atoms with E-state index in [-0.39, 0.29) is 11.6 Å². The molecule has 82 valence electrons. The van der Waals surface area contributed by atoms with Crippen LogP contribution in [-0.2, 0) is 0 Å². The molecule has 0 bridgehead atoms. The van der Waals surface area contributed by atoms with E-state index in [0.717, 1.165) is 18.7 Å². The Balaban J connectivity index is 2.36. The predicted octanol–water partition coefficient (Wildman–Crippen LogP) is 0.904. The summed E-state index contributed by atoms with van der Waals surface area (Å²) in [5.74, 6) is -1.98. The van der Waals surface area contributed by atoms with Gasteiger partial charge < -0.3 is 15.7 Å². The van der Waals surface area contributed by atoms with Crippen molar-refractivity contribution in [2.75, 3.05) is 19.6 Å². The Hall–Kier alpha value is -1.20. The van der Waals surface area contributed by atoms with Crippen LogP contribution in [0.3, 0.4) is 0 Å². The van der Waals surface area contributed by atoms with Gasteiger partial charge in [-0.25, -0.2) is 8.78 Å². The van der Waals surface area contributed by atoms with Crippen LogP contribution in [0, 0.1) is 11.6 Å². The van der Waals surface area contributed by atoms with Crippen LogP contribution in [0.5, 0.6) is 5.75 Å². The number of phenols is 1. The summed E-state index contributed by atoms with van der Waals surface area (Å²) in [5, 5.41) is 15.5. The highest BCUT2D eigenvalue weighted by Crippen LogP contribution is 2.29. The first-order valence-corrected chi connectivity index (χ1v) is 4.81. The fourth-order valence-electron chi connectivity index (χ4n) is 1.75. The van der Waals surface area contributed by atoms with Crippen molar-refractivity contribution in [2.24, 2.45) is 0 Å². The summed E-state index contributed by atoms with van der Waals surface area (Å²) in [6.07, 6.45) is 0. The number of phenolic OH excluding ortho intramolecular Hbond substituents is 1. The Kier molecular flexibility index (Phi) is 2.83. The molecule has 1 heterocycles. The second-order valence-corrected chi connectivity index (χ2v) is 3.50. The van der Waals surface area contributed by atoms with E-state index >= 15 is 0 Å². The third-order valence-electron chi connectivity index (χ3n) is 2.50. The standard InChI is InChI=1S/C10H12F2N2O/c11-6-1-2-7(12)10(15)9(6)8-5-13-3-4-14-8/h1-2,8,13-15H,3-5H2/t8-/m0/s1. The smallest absolute Gasteiger partial charge is 0.165 e. The molecule has 0 saturated carbocycles. The summed E-state index contributed by atoms with van der Waals surface area (Å²) < 4.78 is 26.5. The van der Waals surface area contributed by atoms with Crippen LogP contribution in [0.4, 0.5) is 8.78 Å². The average Bonchev–Trinajstić information content (AvgIpc) is 2.26. The van der Waals surface area contributed by atoms with E-state index in [4.69, 9.17) is 0 Å². The van der Waals surface area contributed by atoms with Gasteiger partial charge in [-0.3, -0.25) is 0 Å². The van der Waals surface area contributed by atoms with Gasteiger partial charge in [0.25, 0.3) is 0 Å². The summed E-state index contributed by atoms with van der Waals surface area (Å²) in [7, 11) is 0. The van der Waals surface area contributed by atoms with Gasteiger partial charge in [0.2, 0.25) is 0 Å². The van der Waals surface area contributed by atoms with E-state index in [1.807, 2.05) is 0 Å². The number of hydrogen-bond acceptors (Lipinski definition) is 3. The highest BCUT2D eigenvalue weighted by molar-refractivity contribution is 5.37. The number of aromatic hydroxyl groups is 1. The van der Waals surface area contributed by atoms with Crippen molar-refractivity contribution in [3.05, 3.63) is 29.3 Å². The molecule has 0 radical (unpaired) electrons. The monoisotopic (exact) mass is 214 g/mol. The number of halogens is 2. The Labute approximate surface area is 86.1 Å². The third-order valence-corrected chi connectivity index (χ3v) is 2.50. The van der Waals surface area contributed by atoms with Gasteiger partial charge in [0.1, 0.15) is 5.82 Å². The molecule has 1 aliphatic heterocycles. The largest absolute Gasteiger partial charge is 0.505 e. The molecule has 1 aromatic rings. The van der Waals surface area contributed by atoms with E-state index in [2.05, 4.69) is 10.6 Å². The summed E-state index contributed by atoms with van der Waals surface area (Å²) >= 11 is 0. The molecule has 0 amide bonds. The molecule has 0 spiro atoms. The molecule has 1 aromatic carbocycles. The Morgan fingerprint density at radius 1 is 1.20 bits per heavy atom. The predicted molar refractivity (Wildman–Crippen MR) is 51.6 cm³/mol. The van der Waals surface area contributed by atoms with Crippen molar-refractivity contribution in [2.45, 2.75) is 6.04 Å². The van der Waals surface area contributed by atoms with Crippen LogP contribution in [0.25, 0.3) is 0 Å². The first-order valence-electron chi connectivity index (χ1n) is 4.81. The SMILES string of the molecule is Oc1c(F)ccc(F)c1[C@@H]1CNCCN1. The fourth-order valence-corrected chi connectivity index (χ4v) is 1.75. The maximum absolute atomic E-state index is 13.4. The molecule has 5 heteroatoms. The normalized spacial score (nSPS) is 21.6. The number of nitrogens with one attached hydrogen (secondary N) is 2. The zero-order chi connectivity index (χ0) is 10.8. The van der Waals surface area contributed by atoms with Crippen molar-refractivity contribution in [3.8, 4) is 5.75 Å². The van der Waals surface area contributed by atoms with E-state index in [1.165, 1.54) is 0 Å². The van der Waals surface area contributed by atoms with E-state index < -0.39 is 17.4 Å². The number of hydrogen-bond donors (Lipinski definition) is 3. The van der Waals surface area contributed by atoms with Crippen molar-refractivity contribution < 1.29 is 13.9 Å². The van der Waals surface area contributed by atoms with Crippen molar-refractivity contribution in [1.82, 2.24) is 10.6 Å². The number of rotatable bonds is 1. The zero-order valence-electron chi connectivity index (χ0n) is 8.06. The van der Waals surface area contributed by atoms with E-state index in [9.17, 15) is 13.9 Å². The minimum Gasteiger partial charge on any atom is -0.505 e. The van der Waals surface area contributed by atoms with E-state index in [1.54, 1.807) is 0 Å². The maximum atomic E-state index is 13.4. The third kappa shape index (κ3) is 1.93. The molecule has 15 heavy (non-hydrogen) atoms. The molecule has 3 N–H and O–H groups in total. The molecule has 1 aliphatic rings. The zero-order valence-corrected chi connectivity index (χ0v) is 8.06. The highest BCUT2D eigenvalue weighted by Gasteiger charge is 2.23. The van der Waals surface area contributed by atoms with Crippen LogP contribution < -0.4 is 10.6 Å². The molecule has 1 fully saturated rings. The van der Waals surface area contributed by atoms with Crippen LogP contribution in [0.1, 0.15) is 11.6 Å². The van der Waals surface area contributed by atoms with Crippen LogP contribution in [-0.4, -0.2) is 24.7 Å². The molecule has 0 unspecified atom stereocenters. The van der Waals surface area contributed by atoms with Gasteiger partial charge in [0.15, 0.2) is 11.6 Å². The van der Waals surface area contributed by atoms with Crippen LogP contribution in [0.15, 0.2) is 12.1 Å². The molecule has 2 rings (SSSR count).